The number of aromatic nitrogens is 4. The second-order valence-corrected chi connectivity index (χ2v) is 4.90. The average Bonchev–Trinajstić information content (AvgIpc) is 2.81. The first-order valence-electron chi connectivity index (χ1n) is 6.33. The zero-order valence-electron chi connectivity index (χ0n) is 11.6. The van der Waals surface area contributed by atoms with Crippen molar-refractivity contribution in [2.45, 2.75) is 27.7 Å². The predicted octanol–water partition coefficient (Wildman–Crippen LogP) is 3.02. The van der Waals surface area contributed by atoms with Crippen LogP contribution in [0.5, 0.6) is 0 Å². The van der Waals surface area contributed by atoms with E-state index in [1.807, 2.05) is 6.92 Å². The van der Waals surface area contributed by atoms with Crippen LogP contribution in [0.25, 0.3) is 16.9 Å². The Kier molecular flexibility index (Phi) is 2.59. The molecule has 0 atom stereocenters. The summed E-state index contributed by atoms with van der Waals surface area (Å²) in [7, 11) is 0. The lowest BCUT2D eigenvalue weighted by Crippen LogP contribution is -2.04. The standard InChI is InChI=1S/C15H16N4/c1-9-6-5-7-10(2)13(9)14-11(3)18-15-16-8-17-19(15)12(14)4/h5-8H,1-4H3. The molecular formula is C15H16N4. The molecule has 96 valence electrons. The van der Waals surface area contributed by atoms with Gasteiger partial charge in [-0.05, 0) is 44.4 Å². The van der Waals surface area contributed by atoms with Crippen molar-refractivity contribution in [2.75, 3.05) is 0 Å². The smallest absolute Gasteiger partial charge is 0.216 e. The third-order valence-corrected chi connectivity index (χ3v) is 3.57. The molecule has 2 heterocycles. The number of nitrogens with zero attached hydrogens (tertiary/aromatic N) is 4. The largest absolute Gasteiger partial charge is 0.252 e. The molecule has 3 aromatic rings. The summed E-state index contributed by atoms with van der Waals surface area (Å²) in [5, 5.41) is 4.25. The van der Waals surface area contributed by atoms with Crippen LogP contribution in [0, 0.1) is 27.7 Å². The van der Waals surface area contributed by atoms with E-state index in [9.17, 15) is 0 Å². The van der Waals surface area contributed by atoms with Crippen molar-refractivity contribution in [3.8, 4) is 11.1 Å². The predicted molar refractivity (Wildman–Crippen MR) is 75.2 cm³/mol. The molecule has 0 unspecified atom stereocenters. The van der Waals surface area contributed by atoms with Crippen LogP contribution in [0.3, 0.4) is 0 Å². The number of rotatable bonds is 1. The van der Waals surface area contributed by atoms with Crippen molar-refractivity contribution in [3.63, 3.8) is 0 Å². The fraction of sp³-hybridized carbons (Fsp3) is 0.267. The first-order chi connectivity index (χ1) is 9.09. The van der Waals surface area contributed by atoms with Crippen LogP contribution >= 0.6 is 0 Å². The molecule has 0 saturated heterocycles. The molecule has 0 N–H and O–H groups in total. The molecule has 2 aromatic heterocycles. The molecule has 0 amide bonds. The second kappa shape index (κ2) is 4.16. The summed E-state index contributed by atoms with van der Waals surface area (Å²) in [6.45, 7) is 8.36. The Labute approximate surface area is 112 Å². The van der Waals surface area contributed by atoms with Crippen LogP contribution in [0.4, 0.5) is 0 Å². The Hall–Kier alpha value is -2.23. The number of hydrogen-bond acceptors (Lipinski definition) is 3. The molecule has 3 rings (SSSR count). The van der Waals surface area contributed by atoms with E-state index < -0.39 is 0 Å². The highest BCUT2D eigenvalue weighted by Gasteiger charge is 2.15. The fourth-order valence-corrected chi connectivity index (χ4v) is 2.69. The van der Waals surface area contributed by atoms with Gasteiger partial charge in [0, 0.05) is 5.56 Å². The van der Waals surface area contributed by atoms with E-state index in [0.29, 0.717) is 5.78 Å². The van der Waals surface area contributed by atoms with E-state index in [2.05, 4.69) is 54.0 Å². The Balaban J connectivity index is 2.42. The third kappa shape index (κ3) is 1.71. The third-order valence-electron chi connectivity index (χ3n) is 3.57. The van der Waals surface area contributed by atoms with E-state index in [0.717, 1.165) is 17.0 Å². The van der Waals surface area contributed by atoms with Gasteiger partial charge in [0.2, 0.25) is 0 Å². The van der Waals surface area contributed by atoms with Crippen molar-refractivity contribution < 1.29 is 0 Å². The Morgan fingerprint density at radius 2 is 1.63 bits per heavy atom. The van der Waals surface area contributed by atoms with Crippen molar-refractivity contribution in [3.05, 3.63) is 47.0 Å². The molecule has 0 saturated carbocycles. The minimum Gasteiger partial charge on any atom is -0.216 e. The van der Waals surface area contributed by atoms with Crippen LogP contribution in [-0.4, -0.2) is 19.6 Å². The quantitative estimate of drug-likeness (QED) is 0.668. The summed E-state index contributed by atoms with van der Waals surface area (Å²) in [4.78, 5) is 8.71. The summed E-state index contributed by atoms with van der Waals surface area (Å²) in [6, 6.07) is 6.35. The van der Waals surface area contributed by atoms with E-state index in [4.69, 9.17) is 0 Å². The van der Waals surface area contributed by atoms with Gasteiger partial charge in [-0.15, -0.1) is 0 Å². The van der Waals surface area contributed by atoms with Crippen molar-refractivity contribution in [1.82, 2.24) is 19.6 Å². The lowest BCUT2D eigenvalue weighted by molar-refractivity contribution is 0.887. The number of aryl methyl sites for hydroxylation is 4. The van der Waals surface area contributed by atoms with Crippen LogP contribution in [-0.2, 0) is 0 Å². The molecular weight excluding hydrogens is 236 g/mol. The molecule has 0 fully saturated rings. The molecule has 0 radical (unpaired) electrons. The van der Waals surface area contributed by atoms with Crippen LogP contribution in [0.2, 0.25) is 0 Å². The van der Waals surface area contributed by atoms with Gasteiger partial charge in [0.15, 0.2) is 0 Å². The van der Waals surface area contributed by atoms with Gasteiger partial charge >= 0.3 is 0 Å². The number of fused-ring (bicyclic) bond motifs is 1. The topological polar surface area (TPSA) is 43.1 Å². The highest BCUT2D eigenvalue weighted by atomic mass is 15.3. The zero-order valence-corrected chi connectivity index (χ0v) is 11.6. The fourth-order valence-electron chi connectivity index (χ4n) is 2.69. The molecule has 19 heavy (non-hydrogen) atoms. The van der Waals surface area contributed by atoms with Crippen LogP contribution < -0.4 is 0 Å². The van der Waals surface area contributed by atoms with Gasteiger partial charge in [-0.1, -0.05) is 18.2 Å². The van der Waals surface area contributed by atoms with Crippen LogP contribution in [0.15, 0.2) is 24.5 Å². The molecule has 0 aliphatic carbocycles. The first-order valence-corrected chi connectivity index (χ1v) is 6.33. The van der Waals surface area contributed by atoms with Crippen molar-refractivity contribution in [2.24, 2.45) is 0 Å². The Morgan fingerprint density at radius 3 is 2.32 bits per heavy atom. The Morgan fingerprint density at radius 1 is 0.947 bits per heavy atom. The lowest BCUT2D eigenvalue weighted by atomic mass is 9.94. The molecule has 4 nitrogen and oxygen atoms in total. The van der Waals surface area contributed by atoms with Gasteiger partial charge in [0.05, 0.1) is 11.4 Å². The summed E-state index contributed by atoms with van der Waals surface area (Å²) in [5.74, 6) is 0.657. The highest BCUT2D eigenvalue weighted by molar-refractivity contribution is 5.75. The maximum atomic E-state index is 4.54. The van der Waals surface area contributed by atoms with E-state index in [1.54, 1.807) is 10.8 Å². The lowest BCUT2D eigenvalue weighted by Gasteiger charge is -2.15. The monoisotopic (exact) mass is 252 g/mol. The summed E-state index contributed by atoms with van der Waals surface area (Å²) < 4.78 is 1.80. The van der Waals surface area contributed by atoms with Gasteiger partial charge < -0.3 is 0 Å². The zero-order chi connectivity index (χ0) is 13.6. The summed E-state index contributed by atoms with van der Waals surface area (Å²) in [5.41, 5.74) is 7.00. The van der Waals surface area contributed by atoms with Crippen molar-refractivity contribution >= 4 is 5.78 Å². The van der Waals surface area contributed by atoms with Gasteiger partial charge in [0.1, 0.15) is 6.33 Å². The average molecular weight is 252 g/mol. The maximum Gasteiger partial charge on any atom is 0.252 e. The van der Waals surface area contributed by atoms with Gasteiger partial charge in [0.25, 0.3) is 5.78 Å². The van der Waals surface area contributed by atoms with E-state index in [-0.39, 0.29) is 0 Å². The first kappa shape index (κ1) is 11.8. The molecule has 0 bridgehead atoms. The minimum absolute atomic E-state index is 0.657. The number of benzene rings is 1. The molecule has 0 aliphatic rings. The van der Waals surface area contributed by atoms with Gasteiger partial charge in [-0.3, -0.25) is 0 Å². The van der Waals surface area contributed by atoms with Gasteiger partial charge in [-0.2, -0.15) is 10.1 Å². The van der Waals surface area contributed by atoms with E-state index >= 15 is 0 Å². The summed E-state index contributed by atoms with van der Waals surface area (Å²) in [6.07, 6.45) is 1.54. The van der Waals surface area contributed by atoms with Gasteiger partial charge in [-0.25, -0.2) is 9.50 Å². The normalized spacial score (nSPS) is 11.2. The van der Waals surface area contributed by atoms with Crippen LogP contribution in [0.1, 0.15) is 22.5 Å². The number of hydrogen-bond donors (Lipinski definition) is 0. The minimum atomic E-state index is 0.657. The van der Waals surface area contributed by atoms with E-state index in [1.165, 1.54) is 16.7 Å². The SMILES string of the molecule is Cc1cccc(C)c1-c1c(C)nc2ncnn2c1C. The molecule has 1 aromatic carbocycles. The maximum absolute atomic E-state index is 4.54. The Bertz CT molecular complexity index is 751. The molecule has 0 spiro atoms. The molecule has 0 aliphatic heterocycles. The highest BCUT2D eigenvalue weighted by Crippen LogP contribution is 2.31. The second-order valence-electron chi connectivity index (χ2n) is 4.90. The van der Waals surface area contributed by atoms with Crippen molar-refractivity contribution in [1.29, 1.82) is 0 Å². The molecule has 4 heteroatoms. The summed E-state index contributed by atoms with van der Waals surface area (Å²) >= 11 is 0.